The number of nitrogens with one attached hydrogen (secondary N) is 3. The van der Waals surface area contributed by atoms with E-state index in [0.717, 1.165) is 61.2 Å². The Morgan fingerprint density at radius 3 is 2.17 bits per heavy atom. The van der Waals surface area contributed by atoms with Crippen molar-refractivity contribution in [2.75, 3.05) is 55.9 Å². The predicted octanol–water partition coefficient (Wildman–Crippen LogP) is 6.97. The molecule has 6 rings (SSSR count). The molecular formula is C38H37F4N7O4. The van der Waals surface area contributed by atoms with Gasteiger partial charge in [-0.25, -0.2) is 9.18 Å². The zero-order chi connectivity index (χ0) is 37.5. The van der Waals surface area contributed by atoms with Gasteiger partial charge in [-0.05, 0) is 79.3 Å². The Morgan fingerprint density at radius 2 is 1.51 bits per heavy atom. The van der Waals surface area contributed by atoms with Crippen LogP contribution in [0.5, 0.6) is 11.5 Å². The van der Waals surface area contributed by atoms with E-state index >= 15 is 0 Å². The van der Waals surface area contributed by atoms with Crippen molar-refractivity contribution in [2.24, 2.45) is 0 Å². The lowest BCUT2D eigenvalue weighted by molar-refractivity contribution is -0.274. The molecular weight excluding hydrogens is 694 g/mol. The predicted molar refractivity (Wildman–Crippen MR) is 193 cm³/mol. The maximum Gasteiger partial charge on any atom is 0.573 e. The Labute approximate surface area is 303 Å². The summed E-state index contributed by atoms with van der Waals surface area (Å²) >= 11 is 0. The average Bonchev–Trinajstić information content (AvgIpc) is 3.53. The first-order chi connectivity index (χ1) is 25.4. The number of halogens is 4. The number of carbonyl (C=O) groups is 2. The molecule has 0 spiro atoms. The Kier molecular flexibility index (Phi) is 11.1. The summed E-state index contributed by atoms with van der Waals surface area (Å²) in [7, 11) is 3.69. The van der Waals surface area contributed by atoms with Crippen LogP contribution in [0.4, 0.5) is 39.5 Å². The van der Waals surface area contributed by atoms with Crippen LogP contribution in [0.15, 0.2) is 97.1 Å². The molecule has 1 aliphatic heterocycles. The fourth-order valence-corrected chi connectivity index (χ4v) is 5.77. The van der Waals surface area contributed by atoms with Crippen LogP contribution >= 0.6 is 0 Å². The number of hydrogen-bond acceptors (Lipinski definition) is 7. The van der Waals surface area contributed by atoms with E-state index in [0.29, 0.717) is 35.1 Å². The molecule has 53 heavy (non-hydrogen) atoms. The van der Waals surface area contributed by atoms with Crippen molar-refractivity contribution in [1.29, 1.82) is 0 Å². The monoisotopic (exact) mass is 731 g/mol. The largest absolute Gasteiger partial charge is 0.573 e. The van der Waals surface area contributed by atoms with Crippen LogP contribution in [-0.2, 0) is 13.1 Å². The van der Waals surface area contributed by atoms with Gasteiger partial charge in [0.1, 0.15) is 17.3 Å². The molecule has 1 saturated heterocycles. The molecule has 15 heteroatoms. The van der Waals surface area contributed by atoms with Crippen LogP contribution in [0, 0.1) is 5.82 Å². The number of amides is 3. The van der Waals surface area contributed by atoms with E-state index in [1.807, 2.05) is 36.4 Å². The summed E-state index contributed by atoms with van der Waals surface area (Å²) in [5.41, 5.74) is 4.13. The van der Waals surface area contributed by atoms with Gasteiger partial charge in [0.2, 0.25) is 0 Å². The van der Waals surface area contributed by atoms with Gasteiger partial charge in [0.15, 0.2) is 5.82 Å². The van der Waals surface area contributed by atoms with E-state index in [9.17, 15) is 27.2 Å². The fourth-order valence-electron chi connectivity index (χ4n) is 5.77. The third-order valence-corrected chi connectivity index (χ3v) is 8.64. The summed E-state index contributed by atoms with van der Waals surface area (Å²) < 4.78 is 62.8. The lowest BCUT2D eigenvalue weighted by Gasteiger charge is -2.34. The van der Waals surface area contributed by atoms with Crippen molar-refractivity contribution in [3.8, 4) is 22.8 Å². The lowest BCUT2D eigenvalue weighted by Crippen LogP contribution is -2.44. The number of benzene rings is 4. The topological polar surface area (TPSA) is 113 Å². The first kappa shape index (κ1) is 36.7. The molecule has 1 fully saturated rings. The van der Waals surface area contributed by atoms with Gasteiger partial charge in [0.05, 0.1) is 19.3 Å². The molecule has 3 amide bonds. The van der Waals surface area contributed by atoms with E-state index in [4.69, 9.17) is 9.84 Å². The highest BCUT2D eigenvalue weighted by atomic mass is 19.4. The van der Waals surface area contributed by atoms with Crippen LogP contribution in [0.2, 0.25) is 0 Å². The van der Waals surface area contributed by atoms with Gasteiger partial charge < -0.3 is 35.2 Å². The van der Waals surface area contributed by atoms with Crippen molar-refractivity contribution in [3.63, 3.8) is 0 Å². The number of ether oxygens (including phenoxy) is 2. The minimum atomic E-state index is -4.94. The van der Waals surface area contributed by atoms with Crippen LogP contribution in [0.3, 0.4) is 0 Å². The molecule has 11 nitrogen and oxygen atoms in total. The summed E-state index contributed by atoms with van der Waals surface area (Å²) in [5, 5.41) is 12.7. The zero-order valence-electron chi connectivity index (χ0n) is 28.9. The standard InChI is InChI=1S/C38H37F4N7O4/c1-47-17-19-48(20-18-47)30-11-7-27(8-12-30)36(50)45-35-22-34(49(46-35)24-25-3-13-31(52-2)14-4-25)26-5-9-29(10-6-26)44-37(51)43-23-28-21-32(15-16-33(28)39)53-38(40,41)42/h3-16,21-22H,17-20,23-24H2,1-2H3,(H2,43,44,51)(H,45,46,50). The van der Waals surface area contributed by atoms with E-state index in [2.05, 4.69) is 37.5 Å². The molecule has 4 aromatic carbocycles. The van der Waals surface area contributed by atoms with Gasteiger partial charge in [-0.1, -0.05) is 24.3 Å². The average molecular weight is 732 g/mol. The normalized spacial score (nSPS) is 13.4. The molecule has 2 heterocycles. The number of methoxy groups -OCH3 is 1. The third kappa shape index (κ3) is 9.83. The Balaban J connectivity index is 1.14. The number of alkyl halides is 3. The first-order valence-electron chi connectivity index (χ1n) is 16.7. The molecule has 1 aliphatic rings. The number of nitrogens with zero attached hydrogens (tertiary/aromatic N) is 4. The van der Waals surface area contributed by atoms with Crippen molar-refractivity contribution in [2.45, 2.75) is 19.5 Å². The highest BCUT2D eigenvalue weighted by Gasteiger charge is 2.31. The number of urea groups is 1. The number of aromatic nitrogens is 2. The lowest BCUT2D eigenvalue weighted by atomic mass is 10.1. The Bertz CT molecular complexity index is 2030. The molecule has 276 valence electrons. The highest BCUT2D eigenvalue weighted by Crippen LogP contribution is 2.28. The van der Waals surface area contributed by atoms with E-state index in [1.54, 1.807) is 54.3 Å². The molecule has 0 atom stereocenters. The number of carbonyl (C=O) groups excluding carboxylic acids is 2. The maximum absolute atomic E-state index is 14.2. The minimum Gasteiger partial charge on any atom is -0.497 e. The fraction of sp³-hybridized carbons (Fsp3) is 0.237. The van der Waals surface area contributed by atoms with Crippen molar-refractivity contribution < 1.29 is 36.6 Å². The smallest absolute Gasteiger partial charge is 0.497 e. The molecule has 1 aromatic heterocycles. The summed E-state index contributed by atoms with van der Waals surface area (Å²) in [4.78, 5) is 30.5. The molecule has 0 radical (unpaired) electrons. The maximum atomic E-state index is 14.2. The van der Waals surface area contributed by atoms with E-state index in [1.165, 1.54) is 0 Å². The molecule has 0 saturated carbocycles. The summed E-state index contributed by atoms with van der Waals surface area (Å²) in [6, 6.07) is 25.5. The summed E-state index contributed by atoms with van der Waals surface area (Å²) in [6.07, 6.45) is -4.94. The van der Waals surface area contributed by atoms with Crippen LogP contribution in [0.25, 0.3) is 11.3 Å². The molecule has 3 N–H and O–H groups in total. The van der Waals surface area contributed by atoms with Crippen molar-refractivity contribution in [3.05, 3.63) is 120 Å². The molecule has 5 aromatic rings. The molecule has 0 aliphatic carbocycles. The number of piperazine rings is 1. The second kappa shape index (κ2) is 16.1. The highest BCUT2D eigenvalue weighted by molar-refractivity contribution is 6.04. The first-order valence-corrected chi connectivity index (χ1v) is 16.7. The van der Waals surface area contributed by atoms with Gasteiger partial charge in [-0.15, -0.1) is 13.2 Å². The zero-order valence-corrected chi connectivity index (χ0v) is 28.9. The quantitative estimate of drug-likeness (QED) is 0.126. The van der Waals surface area contributed by atoms with Gasteiger partial charge in [0.25, 0.3) is 5.91 Å². The van der Waals surface area contributed by atoms with Crippen LogP contribution in [-0.4, -0.2) is 73.3 Å². The Hall–Kier alpha value is -6.09. The van der Waals surface area contributed by atoms with Gasteiger partial charge in [-0.3, -0.25) is 9.48 Å². The Morgan fingerprint density at radius 1 is 0.830 bits per heavy atom. The van der Waals surface area contributed by atoms with Gasteiger partial charge in [0, 0.05) is 66.9 Å². The number of likely N-dealkylation sites (N-methyl/N-ethyl adjacent to an activating group) is 1. The van der Waals surface area contributed by atoms with Crippen LogP contribution < -0.4 is 30.3 Å². The SMILES string of the molecule is COc1ccc(Cn2nc(NC(=O)c3ccc(N4CCN(C)CC4)cc3)cc2-c2ccc(NC(=O)NCc3cc(OC(F)(F)F)ccc3F)cc2)cc1. The summed E-state index contributed by atoms with van der Waals surface area (Å²) in [6.45, 7) is 3.79. The van der Waals surface area contributed by atoms with Gasteiger partial charge in [-0.2, -0.15) is 5.10 Å². The second-order valence-corrected chi connectivity index (χ2v) is 12.4. The summed E-state index contributed by atoms with van der Waals surface area (Å²) in [5.74, 6) is -0.649. The minimum absolute atomic E-state index is 0.187. The number of anilines is 3. The molecule has 0 bridgehead atoms. The van der Waals surface area contributed by atoms with Gasteiger partial charge >= 0.3 is 12.4 Å². The van der Waals surface area contributed by atoms with E-state index < -0.39 is 24.0 Å². The molecule has 0 unspecified atom stereocenters. The van der Waals surface area contributed by atoms with Crippen LogP contribution in [0.1, 0.15) is 21.5 Å². The van der Waals surface area contributed by atoms with Crippen molar-refractivity contribution >= 4 is 29.1 Å². The third-order valence-electron chi connectivity index (χ3n) is 8.64. The number of rotatable bonds is 11. The van der Waals surface area contributed by atoms with Crippen molar-refractivity contribution in [1.82, 2.24) is 20.0 Å². The second-order valence-electron chi connectivity index (χ2n) is 12.4. The number of hydrogen-bond donors (Lipinski definition) is 3. The van der Waals surface area contributed by atoms with E-state index in [-0.39, 0.29) is 18.0 Å².